The zero-order chi connectivity index (χ0) is 17.6. The minimum absolute atomic E-state index is 0.0107. The molecule has 0 N–H and O–H groups in total. The van der Waals surface area contributed by atoms with Crippen LogP contribution in [0, 0.1) is 0 Å². The summed E-state index contributed by atoms with van der Waals surface area (Å²) in [6.45, 7) is 12.0. The molecule has 0 saturated carbocycles. The van der Waals surface area contributed by atoms with Crippen molar-refractivity contribution >= 4 is 59.3 Å². The normalized spacial score (nSPS) is 14.2. The van der Waals surface area contributed by atoms with Gasteiger partial charge in [0.05, 0.1) is 11.6 Å². The summed E-state index contributed by atoms with van der Waals surface area (Å²) in [4.78, 5) is 0. The molecule has 22 heavy (non-hydrogen) atoms. The van der Waals surface area contributed by atoms with Crippen molar-refractivity contribution in [1.82, 2.24) is 0 Å². The maximum Gasteiger partial charge on any atom is 0.504 e. The van der Waals surface area contributed by atoms with Crippen LogP contribution in [-0.2, 0) is 13.3 Å². The predicted molar refractivity (Wildman–Crippen MR) is 111 cm³/mol. The Morgan fingerprint density at radius 2 is 1.41 bits per heavy atom. The molecule has 0 amide bonds. The van der Waals surface area contributed by atoms with E-state index in [1.165, 1.54) is 0 Å². The Kier molecular flexibility index (Phi) is 10.5. The fourth-order valence-corrected chi connectivity index (χ4v) is 7.43. The van der Waals surface area contributed by atoms with Gasteiger partial charge in [0.15, 0.2) is 0 Å². The van der Waals surface area contributed by atoms with Crippen LogP contribution in [0.15, 0.2) is 0 Å². The smallest absolute Gasteiger partial charge is 0.371 e. The van der Waals surface area contributed by atoms with E-state index in [0.717, 1.165) is 18.6 Å². The van der Waals surface area contributed by atoms with Crippen LogP contribution in [0.2, 0.25) is 6.04 Å². The first kappa shape index (κ1) is 23.5. The monoisotopic (exact) mass is 404 g/mol. The number of rotatable bonds is 11. The molecule has 0 aromatic carbocycles. The second kappa shape index (κ2) is 9.84. The maximum absolute atomic E-state index is 6.44. The van der Waals surface area contributed by atoms with Gasteiger partial charge in [0.2, 0.25) is 0 Å². The van der Waals surface area contributed by atoms with Crippen LogP contribution >= 0.6 is 50.5 Å². The Hall–Kier alpha value is 1.50. The predicted octanol–water partition coefficient (Wildman–Crippen LogP) is 4.72. The van der Waals surface area contributed by atoms with Crippen molar-refractivity contribution in [3.8, 4) is 0 Å². The molecule has 8 heteroatoms. The molecule has 0 fully saturated rings. The van der Waals surface area contributed by atoms with Crippen LogP contribution < -0.4 is 0 Å². The Labute approximate surface area is 159 Å². The molecule has 0 unspecified atom stereocenters. The van der Waals surface area contributed by atoms with E-state index in [9.17, 15) is 0 Å². The number of hydrogen-bond donors (Lipinski definition) is 4. The van der Waals surface area contributed by atoms with Gasteiger partial charge < -0.3 is 13.3 Å². The highest BCUT2D eigenvalue weighted by atomic mass is 32.2. The third kappa shape index (κ3) is 11.1. The van der Waals surface area contributed by atoms with Gasteiger partial charge in [0.1, 0.15) is 3.41 Å². The first-order valence-electron chi connectivity index (χ1n) is 7.65. The van der Waals surface area contributed by atoms with E-state index in [0.29, 0.717) is 6.04 Å². The molecule has 0 bridgehead atoms. The summed E-state index contributed by atoms with van der Waals surface area (Å²) in [6, 6.07) is 0.413. The van der Waals surface area contributed by atoms with Gasteiger partial charge in [0.25, 0.3) is 0 Å². The molecule has 0 spiro atoms. The molecule has 3 nitrogen and oxygen atoms in total. The average Bonchev–Trinajstić information content (AvgIpc) is 2.20. The first-order chi connectivity index (χ1) is 9.81. The van der Waals surface area contributed by atoms with Gasteiger partial charge in [-0.2, -0.15) is 50.5 Å². The van der Waals surface area contributed by atoms with Gasteiger partial charge >= 0.3 is 8.80 Å². The van der Waals surface area contributed by atoms with E-state index in [4.69, 9.17) is 13.3 Å². The highest BCUT2D eigenvalue weighted by Gasteiger charge is 2.50. The summed E-state index contributed by atoms with van der Waals surface area (Å²) < 4.78 is 18.0. The number of thiol groups is 4. The van der Waals surface area contributed by atoms with Crippen LogP contribution in [0.5, 0.6) is 0 Å². The fraction of sp³-hybridized carbons (Fsp3) is 1.00. The summed E-state index contributed by atoms with van der Waals surface area (Å²) in [5.41, 5.74) is -0.362. The second-order valence-corrected chi connectivity index (χ2v) is 12.8. The molecule has 0 radical (unpaired) electrons. The Balaban J connectivity index is 5.40. The lowest BCUT2D eigenvalue weighted by atomic mass is 10.0. The Bertz CT molecular complexity index is 310. The first-order valence-corrected chi connectivity index (χ1v) is 11.6. The van der Waals surface area contributed by atoms with Crippen molar-refractivity contribution in [2.24, 2.45) is 0 Å². The van der Waals surface area contributed by atoms with E-state index >= 15 is 0 Å². The molecule has 0 aliphatic heterocycles. The Morgan fingerprint density at radius 3 is 1.73 bits per heavy atom. The minimum Gasteiger partial charge on any atom is -0.371 e. The standard InChI is InChI=1S/C14H32O3S4Si/c1-11(2)15-22(16-12(3)4,10-14(19,20)21)17-13(5,6)8-7-9-18/h11-12,18-21H,7-10H2,1-6H3. The van der Waals surface area contributed by atoms with Crippen molar-refractivity contribution in [2.75, 3.05) is 5.75 Å². The lowest BCUT2D eigenvalue weighted by Gasteiger charge is -2.41. The minimum atomic E-state index is -3.00. The highest BCUT2D eigenvalue weighted by molar-refractivity contribution is 8.17. The summed E-state index contributed by atoms with van der Waals surface area (Å²) in [5.74, 6) is 0.826. The van der Waals surface area contributed by atoms with Gasteiger partial charge in [-0.25, -0.2) is 0 Å². The quantitative estimate of drug-likeness (QED) is 0.228. The summed E-state index contributed by atoms with van der Waals surface area (Å²) in [6.07, 6.45) is 1.83. The van der Waals surface area contributed by atoms with Gasteiger partial charge in [-0.1, -0.05) is 0 Å². The van der Waals surface area contributed by atoms with E-state index < -0.39 is 12.2 Å². The van der Waals surface area contributed by atoms with Gasteiger partial charge in [-0.3, -0.25) is 0 Å². The molecule has 0 atom stereocenters. The topological polar surface area (TPSA) is 27.7 Å². The molecule has 0 heterocycles. The Morgan fingerprint density at radius 1 is 0.955 bits per heavy atom. The summed E-state index contributed by atoms with van der Waals surface area (Å²) in [5, 5.41) is 0. The van der Waals surface area contributed by atoms with E-state index in [1.54, 1.807) is 0 Å². The lowest BCUT2D eigenvalue weighted by Crippen LogP contribution is -2.55. The van der Waals surface area contributed by atoms with Crippen molar-refractivity contribution in [3.63, 3.8) is 0 Å². The SMILES string of the molecule is CC(C)O[Si](CC(S)(S)S)(OC(C)C)OC(C)(C)CCCS. The van der Waals surface area contributed by atoms with E-state index in [1.807, 2.05) is 27.7 Å². The largest absolute Gasteiger partial charge is 0.504 e. The second-order valence-electron chi connectivity index (χ2n) is 6.66. The van der Waals surface area contributed by atoms with Crippen LogP contribution in [0.3, 0.4) is 0 Å². The van der Waals surface area contributed by atoms with E-state index in [-0.39, 0.29) is 17.8 Å². The van der Waals surface area contributed by atoms with E-state index in [2.05, 4.69) is 64.4 Å². The molecule has 0 aliphatic rings. The maximum atomic E-state index is 6.44. The molecular weight excluding hydrogens is 373 g/mol. The van der Waals surface area contributed by atoms with Crippen LogP contribution in [0.1, 0.15) is 54.4 Å². The summed E-state index contributed by atoms with van der Waals surface area (Å²) >= 11 is 17.6. The molecular formula is C14H32O3S4Si. The molecule has 134 valence electrons. The van der Waals surface area contributed by atoms with Crippen LogP contribution in [0.4, 0.5) is 0 Å². The lowest BCUT2D eigenvalue weighted by molar-refractivity contribution is -0.0398. The van der Waals surface area contributed by atoms with Crippen molar-refractivity contribution in [1.29, 1.82) is 0 Å². The van der Waals surface area contributed by atoms with Gasteiger partial charge in [0, 0.05) is 12.2 Å². The molecule has 0 aromatic rings. The third-order valence-corrected chi connectivity index (χ3v) is 7.82. The molecule has 0 saturated heterocycles. The summed E-state index contributed by atoms with van der Waals surface area (Å²) in [7, 11) is -3.00. The number of hydrogen-bond acceptors (Lipinski definition) is 7. The molecule has 0 rings (SSSR count). The third-order valence-electron chi connectivity index (χ3n) is 2.65. The van der Waals surface area contributed by atoms with Gasteiger partial charge in [-0.15, -0.1) is 0 Å². The molecule has 0 aliphatic carbocycles. The van der Waals surface area contributed by atoms with Crippen molar-refractivity contribution in [3.05, 3.63) is 0 Å². The highest BCUT2D eigenvalue weighted by Crippen LogP contribution is 2.39. The average molecular weight is 405 g/mol. The zero-order valence-electron chi connectivity index (χ0n) is 14.5. The van der Waals surface area contributed by atoms with Crippen molar-refractivity contribution < 1.29 is 13.3 Å². The van der Waals surface area contributed by atoms with Crippen molar-refractivity contribution in [2.45, 2.75) is 81.6 Å². The fourth-order valence-electron chi connectivity index (χ4n) is 2.18. The van der Waals surface area contributed by atoms with Crippen LogP contribution in [0.25, 0.3) is 0 Å². The molecule has 0 aromatic heterocycles. The zero-order valence-corrected chi connectivity index (χ0v) is 19.1. The van der Waals surface area contributed by atoms with Crippen LogP contribution in [-0.4, -0.2) is 35.8 Å². The van der Waals surface area contributed by atoms with Gasteiger partial charge in [-0.05, 0) is 60.1 Å².